The first-order valence-electron chi connectivity index (χ1n) is 8.69. The lowest BCUT2D eigenvalue weighted by Gasteiger charge is -2.42. The smallest absolute Gasteiger partial charge is 0.238 e. The normalized spacial score (nSPS) is 21.2. The standard InChI is InChI=1S/C18H24N2O5S/c1-19-17(22)13-26(23,24)18(19)9-11-20(12-10-18)16(21)8-7-14-5-3-4-6-15(14)25-2/h3-6H,7-13H2,1-2H3. The predicted octanol–water partition coefficient (Wildman–Crippen LogP) is 0.833. The Morgan fingerprint density at radius 1 is 1.23 bits per heavy atom. The minimum absolute atomic E-state index is 0.00451. The van der Waals surface area contributed by atoms with E-state index in [9.17, 15) is 18.0 Å². The summed E-state index contributed by atoms with van der Waals surface area (Å²) in [5.74, 6) is -0.0308. The second kappa shape index (κ2) is 6.90. The van der Waals surface area contributed by atoms with Crippen molar-refractivity contribution in [1.29, 1.82) is 0 Å². The zero-order valence-electron chi connectivity index (χ0n) is 15.1. The van der Waals surface area contributed by atoms with Crippen LogP contribution < -0.4 is 4.74 Å². The van der Waals surface area contributed by atoms with Gasteiger partial charge in [-0.05, 0) is 18.1 Å². The lowest BCUT2D eigenvalue weighted by Crippen LogP contribution is -2.55. The molecule has 2 aliphatic heterocycles. The number of methoxy groups -OCH3 is 1. The van der Waals surface area contributed by atoms with E-state index in [-0.39, 0.29) is 24.7 Å². The Kier molecular flexibility index (Phi) is 4.96. The molecule has 8 heteroatoms. The number of amides is 2. The minimum Gasteiger partial charge on any atom is -0.496 e. The van der Waals surface area contributed by atoms with Gasteiger partial charge in [0.1, 0.15) is 16.4 Å². The fraction of sp³-hybridized carbons (Fsp3) is 0.556. The second-order valence-electron chi connectivity index (χ2n) is 6.85. The summed E-state index contributed by atoms with van der Waals surface area (Å²) in [6.45, 7) is 0.698. The van der Waals surface area contributed by atoms with Crippen LogP contribution in [0.25, 0.3) is 0 Å². The molecule has 1 spiro atoms. The molecule has 1 aromatic carbocycles. The summed E-state index contributed by atoms with van der Waals surface area (Å²) < 4.78 is 30.2. The molecule has 0 N–H and O–H groups in total. The number of hydrogen-bond acceptors (Lipinski definition) is 5. The minimum atomic E-state index is -3.50. The van der Waals surface area contributed by atoms with Crippen LogP contribution in [0.1, 0.15) is 24.8 Å². The van der Waals surface area contributed by atoms with E-state index in [2.05, 4.69) is 0 Å². The first-order chi connectivity index (χ1) is 12.3. The number of aryl methyl sites for hydroxylation is 1. The van der Waals surface area contributed by atoms with Crippen LogP contribution in [0.15, 0.2) is 24.3 Å². The lowest BCUT2D eigenvalue weighted by atomic mass is 10.0. The second-order valence-corrected chi connectivity index (χ2v) is 9.13. The number of likely N-dealkylation sites (tertiary alicyclic amines) is 1. The number of benzene rings is 1. The van der Waals surface area contributed by atoms with E-state index in [1.165, 1.54) is 4.90 Å². The fourth-order valence-corrected chi connectivity index (χ4v) is 6.00. The van der Waals surface area contributed by atoms with Crippen molar-refractivity contribution in [3.8, 4) is 5.75 Å². The number of para-hydroxylation sites is 1. The Morgan fingerprint density at radius 2 is 1.88 bits per heavy atom. The van der Waals surface area contributed by atoms with Crippen LogP contribution in [-0.2, 0) is 25.8 Å². The van der Waals surface area contributed by atoms with E-state index in [0.717, 1.165) is 11.3 Å². The molecule has 2 aliphatic rings. The quantitative estimate of drug-likeness (QED) is 0.773. The Balaban J connectivity index is 1.61. The third-order valence-electron chi connectivity index (χ3n) is 5.58. The molecular weight excluding hydrogens is 356 g/mol. The van der Waals surface area contributed by atoms with Gasteiger partial charge in [0.15, 0.2) is 9.84 Å². The van der Waals surface area contributed by atoms with Crippen LogP contribution in [0.4, 0.5) is 0 Å². The number of rotatable bonds is 4. The molecule has 2 heterocycles. The molecule has 2 amide bonds. The molecule has 2 saturated heterocycles. The summed E-state index contributed by atoms with van der Waals surface area (Å²) in [7, 11) is -0.350. The molecule has 0 saturated carbocycles. The van der Waals surface area contributed by atoms with E-state index in [1.807, 2.05) is 24.3 Å². The van der Waals surface area contributed by atoms with Crippen molar-refractivity contribution in [2.24, 2.45) is 0 Å². The Morgan fingerprint density at radius 3 is 2.46 bits per heavy atom. The maximum atomic E-state index is 12.5. The van der Waals surface area contributed by atoms with Crippen molar-refractivity contribution in [2.45, 2.75) is 30.6 Å². The Bertz CT molecular complexity index is 813. The molecule has 7 nitrogen and oxygen atoms in total. The zero-order valence-corrected chi connectivity index (χ0v) is 15.9. The number of carbonyl (C=O) groups excluding carboxylic acids is 2. The van der Waals surface area contributed by atoms with Gasteiger partial charge in [-0.2, -0.15) is 0 Å². The molecule has 3 rings (SSSR count). The first kappa shape index (κ1) is 18.7. The van der Waals surface area contributed by atoms with Crippen LogP contribution in [0.2, 0.25) is 0 Å². The maximum Gasteiger partial charge on any atom is 0.238 e. The third kappa shape index (κ3) is 3.06. The number of hydrogen-bond donors (Lipinski definition) is 0. The van der Waals surface area contributed by atoms with Gasteiger partial charge in [-0.1, -0.05) is 18.2 Å². The molecule has 0 radical (unpaired) electrons. The molecule has 0 unspecified atom stereocenters. The highest BCUT2D eigenvalue weighted by molar-refractivity contribution is 7.93. The highest BCUT2D eigenvalue weighted by Gasteiger charge is 2.56. The van der Waals surface area contributed by atoms with Gasteiger partial charge >= 0.3 is 0 Å². The van der Waals surface area contributed by atoms with Gasteiger partial charge in [0.2, 0.25) is 11.8 Å². The largest absolute Gasteiger partial charge is 0.496 e. The van der Waals surface area contributed by atoms with Crippen LogP contribution >= 0.6 is 0 Å². The number of sulfone groups is 1. The van der Waals surface area contributed by atoms with Gasteiger partial charge < -0.3 is 14.5 Å². The summed E-state index contributed by atoms with van der Waals surface area (Å²) in [5, 5.41) is 0. The summed E-state index contributed by atoms with van der Waals surface area (Å²) in [5.41, 5.74) is 0.973. The molecule has 0 atom stereocenters. The van der Waals surface area contributed by atoms with E-state index >= 15 is 0 Å². The Labute approximate surface area is 153 Å². The van der Waals surface area contributed by atoms with Crippen molar-refractivity contribution in [1.82, 2.24) is 9.80 Å². The molecule has 0 bridgehead atoms. The highest BCUT2D eigenvalue weighted by atomic mass is 32.2. The molecule has 26 heavy (non-hydrogen) atoms. The van der Waals surface area contributed by atoms with Gasteiger partial charge in [-0.15, -0.1) is 0 Å². The van der Waals surface area contributed by atoms with Gasteiger partial charge in [0, 0.05) is 39.4 Å². The number of carbonyl (C=O) groups is 2. The fourth-order valence-electron chi connectivity index (χ4n) is 3.89. The van der Waals surface area contributed by atoms with Gasteiger partial charge in [0.25, 0.3) is 0 Å². The predicted molar refractivity (Wildman–Crippen MR) is 96.4 cm³/mol. The first-order valence-corrected chi connectivity index (χ1v) is 10.3. The molecule has 0 aromatic heterocycles. The average molecular weight is 380 g/mol. The molecule has 2 fully saturated rings. The Hall–Kier alpha value is -2.09. The van der Waals surface area contributed by atoms with Crippen molar-refractivity contribution < 1.29 is 22.7 Å². The monoisotopic (exact) mass is 380 g/mol. The lowest BCUT2D eigenvalue weighted by molar-refractivity contribution is -0.134. The maximum absolute atomic E-state index is 12.5. The molecular formula is C18H24N2O5S. The number of piperidine rings is 1. The van der Waals surface area contributed by atoms with Crippen LogP contribution in [0, 0.1) is 0 Å². The molecule has 1 aromatic rings. The van der Waals surface area contributed by atoms with Crippen molar-refractivity contribution >= 4 is 21.7 Å². The van der Waals surface area contributed by atoms with Crippen molar-refractivity contribution in [3.05, 3.63) is 29.8 Å². The summed E-state index contributed by atoms with van der Waals surface area (Å²) in [6.07, 6.45) is 1.46. The third-order valence-corrected chi connectivity index (χ3v) is 8.04. The van der Waals surface area contributed by atoms with Crippen molar-refractivity contribution in [3.63, 3.8) is 0 Å². The molecule has 142 valence electrons. The van der Waals surface area contributed by atoms with Gasteiger partial charge in [0.05, 0.1) is 7.11 Å². The van der Waals surface area contributed by atoms with Crippen LogP contribution in [-0.4, -0.2) is 67.9 Å². The van der Waals surface area contributed by atoms with Crippen molar-refractivity contribution in [2.75, 3.05) is 33.0 Å². The molecule has 0 aliphatic carbocycles. The summed E-state index contributed by atoms with van der Waals surface area (Å²) in [4.78, 5) is 26.3. The van der Waals surface area contributed by atoms with E-state index in [0.29, 0.717) is 25.9 Å². The number of nitrogens with zero attached hydrogens (tertiary/aromatic N) is 2. The highest BCUT2D eigenvalue weighted by Crippen LogP contribution is 2.38. The zero-order chi connectivity index (χ0) is 18.9. The topological polar surface area (TPSA) is 84.0 Å². The number of ether oxygens (including phenoxy) is 1. The van der Waals surface area contributed by atoms with E-state index in [1.54, 1.807) is 19.1 Å². The summed E-state index contributed by atoms with van der Waals surface area (Å²) in [6, 6.07) is 7.59. The average Bonchev–Trinajstić information content (AvgIpc) is 2.80. The van der Waals surface area contributed by atoms with Gasteiger partial charge in [-0.25, -0.2) is 8.42 Å². The van der Waals surface area contributed by atoms with Crippen LogP contribution in [0.5, 0.6) is 5.75 Å². The van der Waals surface area contributed by atoms with Crippen LogP contribution in [0.3, 0.4) is 0 Å². The van der Waals surface area contributed by atoms with E-state index in [4.69, 9.17) is 4.74 Å². The van der Waals surface area contributed by atoms with Gasteiger partial charge in [-0.3, -0.25) is 9.59 Å². The van der Waals surface area contributed by atoms with E-state index < -0.39 is 20.5 Å². The SMILES string of the molecule is COc1ccccc1CCC(=O)N1CCC2(CC1)N(C)C(=O)CS2(=O)=O. The summed E-state index contributed by atoms with van der Waals surface area (Å²) >= 11 is 0.